The smallest absolute Gasteiger partial charge is 0.328 e. The minimum Gasteiger partial charge on any atom is -0.354 e. The Morgan fingerprint density at radius 3 is 2.57 bits per heavy atom. The van der Waals surface area contributed by atoms with Crippen molar-refractivity contribution in [3.63, 3.8) is 0 Å². The van der Waals surface area contributed by atoms with Gasteiger partial charge in [-0.2, -0.15) is 0 Å². The van der Waals surface area contributed by atoms with Gasteiger partial charge in [0.15, 0.2) is 0 Å². The molecule has 0 saturated heterocycles. The first kappa shape index (κ1) is 15.1. The summed E-state index contributed by atoms with van der Waals surface area (Å²) in [6.07, 6.45) is 1.96. The number of hydrogen-bond acceptors (Lipinski definition) is 3. The molecule has 1 amide bonds. The third-order valence-electron chi connectivity index (χ3n) is 2.86. The number of aromatic amines is 1. The van der Waals surface area contributed by atoms with E-state index in [9.17, 15) is 14.4 Å². The van der Waals surface area contributed by atoms with E-state index in [-0.39, 0.29) is 12.5 Å². The Labute approximate surface area is 125 Å². The van der Waals surface area contributed by atoms with Gasteiger partial charge in [-0.1, -0.05) is 23.7 Å². The molecule has 0 bridgehead atoms. The van der Waals surface area contributed by atoms with E-state index in [0.29, 0.717) is 18.0 Å². The average molecular weight is 308 g/mol. The van der Waals surface area contributed by atoms with Crippen LogP contribution in [0.4, 0.5) is 0 Å². The molecular weight excluding hydrogens is 294 g/mol. The third kappa shape index (κ3) is 4.61. The first-order chi connectivity index (χ1) is 10.0. The maximum Gasteiger partial charge on any atom is 0.328 e. The van der Waals surface area contributed by atoms with Gasteiger partial charge in [0.25, 0.3) is 5.56 Å². The van der Waals surface area contributed by atoms with Gasteiger partial charge >= 0.3 is 5.69 Å². The summed E-state index contributed by atoms with van der Waals surface area (Å²) in [5, 5.41) is 3.38. The molecule has 0 radical (unpaired) electrons. The molecule has 21 heavy (non-hydrogen) atoms. The first-order valence-corrected chi connectivity index (χ1v) is 6.73. The first-order valence-electron chi connectivity index (χ1n) is 6.35. The van der Waals surface area contributed by atoms with Gasteiger partial charge < -0.3 is 5.32 Å². The minimum absolute atomic E-state index is 0.129. The summed E-state index contributed by atoms with van der Waals surface area (Å²) in [7, 11) is 0. The second-order valence-electron chi connectivity index (χ2n) is 4.46. The fraction of sp³-hybridized carbons (Fsp3) is 0.214. The fourth-order valence-corrected chi connectivity index (χ4v) is 1.90. The molecule has 1 heterocycles. The van der Waals surface area contributed by atoms with Crippen molar-refractivity contribution in [2.75, 3.05) is 6.54 Å². The van der Waals surface area contributed by atoms with E-state index >= 15 is 0 Å². The van der Waals surface area contributed by atoms with Crippen LogP contribution in [0.15, 0.2) is 46.1 Å². The van der Waals surface area contributed by atoms with Gasteiger partial charge in [-0.15, -0.1) is 0 Å². The van der Waals surface area contributed by atoms with Crippen molar-refractivity contribution in [3.8, 4) is 0 Å². The monoisotopic (exact) mass is 307 g/mol. The van der Waals surface area contributed by atoms with Crippen LogP contribution in [0.5, 0.6) is 0 Å². The maximum absolute atomic E-state index is 11.7. The predicted molar refractivity (Wildman–Crippen MR) is 79.5 cm³/mol. The molecule has 0 aliphatic carbocycles. The highest BCUT2D eigenvalue weighted by atomic mass is 35.5. The predicted octanol–water partition coefficient (Wildman–Crippen LogP) is 0.549. The highest BCUT2D eigenvalue weighted by Gasteiger charge is 2.04. The molecule has 0 fully saturated rings. The molecule has 1 aromatic heterocycles. The molecule has 2 N–H and O–H groups in total. The van der Waals surface area contributed by atoms with Crippen LogP contribution in [0.25, 0.3) is 0 Å². The van der Waals surface area contributed by atoms with Crippen LogP contribution in [0.3, 0.4) is 0 Å². The molecule has 0 saturated carbocycles. The summed E-state index contributed by atoms with van der Waals surface area (Å²) in [4.78, 5) is 36.1. The normalized spacial score (nSPS) is 10.3. The number of aromatic nitrogens is 2. The van der Waals surface area contributed by atoms with Crippen molar-refractivity contribution in [2.24, 2.45) is 0 Å². The number of benzene rings is 1. The molecule has 0 aliphatic rings. The van der Waals surface area contributed by atoms with Gasteiger partial charge in [0.05, 0.1) is 0 Å². The van der Waals surface area contributed by atoms with Gasteiger partial charge in [0.2, 0.25) is 5.91 Å². The quantitative estimate of drug-likeness (QED) is 0.846. The van der Waals surface area contributed by atoms with E-state index in [1.165, 1.54) is 12.3 Å². The number of halogens is 1. The van der Waals surface area contributed by atoms with Crippen LogP contribution < -0.4 is 16.6 Å². The molecule has 7 heteroatoms. The summed E-state index contributed by atoms with van der Waals surface area (Å²) >= 11 is 5.79. The molecule has 0 aliphatic heterocycles. The van der Waals surface area contributed by atoms with E-state index in [1.54, 1.807) is 12.1 Å². The lowest BCUT2D eigenvalue weighted by Gasteiger charge is -2.07. The average Bonchev–Trinajstić information content (AvgIpc) is 2.44. The van der Waals surface area contributed by atoms with Crippen LogP contribution in [-0.4, -0.2) is 22.0 Å². The standard InChI is InChI=1S/C14H14ClN3O3/c15-11-3-1-10(2-4-11)5-7-16-13(20)9-18-8-6-12(19)17-14(18)21/h1-4,6,8H,5,7,9H2,(H,16,20)(H,17,19,21). The van der Waals surface area contributed by atoms with Gasteiger partial charge in [0, 0.05) is 23.8 Å². The van der Waals surface area contributed by atoms with E-state index in [1.807, 2.05) is 12.1 Å². The lowest BCUT2D eigenvalue weighted by Crippen LogP contribution is -2.36. The van der Waals surface area contributed by atoms with Crippen molar-refractivity contribution < 1.29 is 4.79 Å². The third-order valence-corrected chi connectivity index (χ3v) is 3.11. The summed E-state index contributed by atoms with van der Waals surface area (Å²) in [6, 6.07) is 8.56. The number of amides is 1. The highest BCUT2D eigenvalue weighted by Crippen LogP contribution is 2.09. The Balaban J connectivity index is 1.83. The van der Waals surface area contributed by atoms with Gasteiger partial charge in [-0.05, 0) is 24.1 Å². The Bertz CT molecular complexity index is 734. The molecule has 0 spiro atoms. The molecule has 2 aromatic rings. The number of hydrogen-bond donors (Lipinski definition) is 2. The Morgan fingerprint density at radius 2 is 1.90 bits per heavy atom. The van der Waals surface area contributed by atoms with Crippen molar-refractivity contribution in [1.29, 1.82) is 0 Å². The molecule has 110 valence electrons. The molecule has 0 unspecified atom stereocenters. The van der Waals surface area contributed by atoms with E-state index in [2.05, 4.69) is 10.3 Å². The topological polar surface area (TPSA) is 84.0 Å². The maximum atomic E-state index is 11.7. The van der Waals surface area contributed by atoms with Crippen molar-refractivity contribution >= 4 is 17.5 Å². The largest absolute Gasteiger partial charge is 0.354 e. The van der Waals surface area contributed by atoms with Crippen LogP contribution in [0.2, 0.25) is 5.02 Å². The number of rotatable bonds is 5. The molecule has 0 atom stereocenters. The number of carbonyl (C=O) groups is 1. The van der Waals surface area contributed by atoms with E-state index < -0.39 is 11.2 Å². The van der Waals surface area contributed by atoms with Crippen molar-refractivity contribution in [2.45, 2.75) is 13.0 Å². The number of H-pyrrole nitrogens is 1. The lowest BCUT2D eigenvalue weighted by molar-refractivity contribution is -0.121. The zero-order valence-electron chi connectivity index (χ0n) is 11.1. The second kappa shape index (κ2) is 6.90. The molecule has 2 rings (SSSR count). The SMILES string of the molecule is O=C(Cn1ccc(=O)[nH]c1=O)NCCc1ccc(Cl)cc1. The summed E-state index contributed by atoms with van der Waals surface area (Å²) in [5.74, 6) is -0.293. The van der Waals surface area contributed by atoms with Gasteiger partial charge in [-0.25, -0.2) is 4.79 Å². The Kier molecular flexibility index (Phi) is 4.94. The molecular formula is C14H14ClN3O3. The van der Waals surface area contributed by atoms with Crippen LogP contribution in [0, 0.1) is 0 Å². The number of nitrogens with zero attached hydrogens (tertiary/aromatic N) is 1. The highest BCUT2D eigenvalue weighted by molar-refractivity contribution is 6.30. The fourth-order valence-electron chi connectivity index (χ4n) is 1.78. The van der Waals surface area contributed by atoms with Crippen molar-refractivity contribution in [1.82, 2.24) is 14.9 Å². The summed E-state index contributed by atoms with van der Waals surface area (Å²) < 4.78 is 1.14. The zero-order chi connectivity index (χ0) is 15.2. The van der Waals surface area contributed by atoms with Crippen molar-refractivity contribution in [3.05, 3.63) is 68.0 Å². The zero-order valence-corrected chi connectivity index (χ0v) is 11.9. The van der Waals surface area contributed by atoms with Gasteiger partial charge in [-0.3, -0.25) is 19.1 Å². The van der Waals surface area contributed by atoms with Crippen LogP contribution in [0.1, 0.15) is 5.56 Å². The Morgan fingerprint density at radius 1 is 1.19 bits per heavy atom. The van der Waals surface area contributed by atoms with E-state index in [0.717, 1.165) is 10.1 Å². The molecule has 1 aromatic carbocycles. The minimum atomic E-state index is -0.602. The van der Waals surface area contributed by atoms with E-state index in [4.69, 9.17) is 11.6 Å². The summed E-state index contributed by atoms with van der Waals surface area (Å²) in [5.41, 5.74) is -0.0318. The Hall–Kier alpha value is -2.34. The number of nitrogens with one attached hydrogen (secondary N) is 2. The summed E-state index contributed by atoms with van der Waals surface area (Å²) in [6.45, 7) is 0.328. The van der Waals surface area contributed by atoms with Gasteiger partial charge in [0.1, 0.15) is 6.54 Å². The molecule has 6 nitrogen and oxygen atoms in total. The number of carbonyl (C=O) groups excluding carboxylic acids is 1. The lowest BCUT2D eigenvalue weighted by atomic mass is 10.1. The van der Waals surface area contributed by atoms with Crippen LogP contribution in [-0.2, 0) is 17.8 Å². The second-order valence-corrected chi connectivity index (χ2v) is 4.90. The van der Waals surface area contributed by atoms with Crippen LogP contribution >= 0.6 is 11.6 Å².